The Morgan fingerprint density at radius 3 is 2.85 bits per heavy atom. The quantitative estimate of drug-likeness (QED) is 0.773. The molecule has 0 aliphatic carbocycles. The summed E-state index contributed by atoms with van der Waals surface area (Å²) in [5, 5.41) is 2.91. The molecule has 0 bridgehead atoms. The molecule has 1 atom stereocenters. The number of nitrogens with zero attached hydrogens (tertiary/aromatic N) is 2. The standard InChI is InChI=1S/C20H23N3O3S/c1-27-17-10-16(11-21-13-17)12-22-19(24)18-8-5-9-23(18)20(25)26-14-15-6-3-2-4-7-15/h2-4,6-7,10-11,13,18H,5,8-9,12,14H2,1H3,(H,22,24)/t18-/m0/s1. The van der Waals surface area contributed by atoms with Crippen molar-refractivity contribution in [1.82, 2.24) is 15.2 Å². The molecule has 2 aromatic rings. The van der Waals surface area contributed by atoms with Gasteiger partial charge in [-0.1, -0.05) is 30.3 Å². The molecule has 0 saturated carbocycles. The molecular weight excluding hydrogens is 362 g/mol. The van der Waals surface area contributed by atoms with E-state index in [-0.39, 0.29) is 12.5 Å². The first-order valence-corrected chi connectivity index (χ1v) is 10.1. The smallest absolute Gasteiger partial charge is 0.410 e. The molecule has 1 aliphatic rings. The number of nitrogens with one attached hydrogen (secondary N) is 1. The molecule has 142 valence electrons. The summed E-state index contributed by atoms with van der Waals surface area (Å²) >= 11 is 1.61. The summed E-state index contributed by atoms with van der Waals surface area (Å²) in [6, 6.07) is 11.0. The van der Waals surface area contributed by atoms with Gasteiger partial charge in [-0.15, -0.1) is 11.8 Å². The van der Waals surface area contributed by atoms with Crippen LogP contribution in [0.3, 0.4) is 0 Å². The van der Waals surface area contributed by atoms with E-state index < -0.39 is 12.1 Å². The third-order valence-electron chi connectivity index (χ3n) is 4.47. The number of ether oxygens (including phenoxy) is 1. The van der Waals surface area contributed by atoms with E-state index in [9.17, 15) is 9.59 Å². The second-order valence-electron chi connectivity index (χ2n) is 6.34. The fraction of sp³-hybridized carbons (Fsp3) is 0.350. The maximum atomic E-state index is 12.6. The highest BCUT2D eigenvalue weighted by molar-refractivity contribution is 7.98. The van der Waals surface area contributed by atoms with Gasteiger partial charge in [0, 0.05) is 30.4 Å². The molecule has 1 aliphatic heterocycles. The SMILES string of the molecule is CSc1cncc(CNC(=O)[C@@H]2CCCN2C(=O)OCc2ccccc2)c1. The van der Waals surface area contributed by atoms with Gasteiger partial charge in [-0.05, 0) is 36.3 Å². The molecule has 1 saturated heterocycles. The van der Waals surface area contributed by atoms with Gasteiger partial charge in [0.1, 0.15) is 12.6 Å². The van der Waals surface area contributed by atoms with Crippen LogP contribution in [-0.4, -0.2) is 40.7 Å². The molecule has 7 heteroatoms. The summed E-state index contributed by atoms with van der Waals surface area (Å²) in [4.78, 5) is 31.7. The van der Waals surface area contributed by atoms with Crippen LogP contribution in [0.25, 0.3) is 0 Å². The van der Waals surface area contributed by atoms with Gasteiger partial charge in [-0.2, -0.15) is 0 Å². The van der Waals surface area contributed by atoms with Crippen LogP contribution in [0.4, 0.5) is 4.79 Å². The molecule has 27 heavy (non-hydrogen) atoms. The minimum absolute atomic E-state index is 0.154. The fourth-order valence-corrected chi connectivity index (χ4v) is 3.47. The van der Waals surface area contributed by atoms with Gasteiger partial charge in [0.05, 0.1) is 0 Å². The number of thioether (sulfide) groups is 1. The van der Waals surface area contributed by atoms with Crippen molar-refractivity contribution in [2.75, 3.05) is 12.8 Å². The van der Waals surface area contributed by atoms with Gasteiger partial charge < -0.3 is 10.1 Å². The van der Waals surface area contributed by atoms with Crippen LogP contribution >= 0.6 is 11.8 Å². The van der Waals surface area contributed by atoms with Crippen molar-refractivity contribution in [3.8, 4) is 0 Å². The van der Waals surface area contributed by atoms with Crippen molar-refractivity contribution in [2.24, 2.45) is 0 Å². The number of aromatic nitrogens is 1. The Morgan fingerprint density at radius 2 is 2.07 bits per heavy atom. The average molecular weight is 385 g/mol. The molecule has 1 aromatic carbocycles. The normalized spacial score (nSPS) is 16.2. The highest BCUT2D eigenvalue weighted by atomic mass is 32.2. The van der Waals surface area contributed by atoms with Crippen LogP contribution in [0.1, 0.15) is 24.0 Å². The van der Waals surface area contributed by atoms with E-state index in [1.54, 1.807) is 24.2 Å². The first-order valence-electron chi connectivity index (χ1n) is 8.90. The predicted molar refractivity (Wildman–Crippen MR) is 104 cm³/mol. The molecule has 6 nitrogen and oxygen atoms in total. The van der Waals surface area contributed by atoms with Gasteiger partial charge in [0.25, 0.3) is 0 Å². The highest BCUT2D eigenvalue weighted by Crippen LogP contribution is 2.19. The van der Waals surface area contributed by atoms with Gasteiger partial charge in [-0.25, -0.2) is 4.79 Å². The lowest BCUT2D eigenvalue weighted by atomic mass is 10.2. The summed E-state index contributed by atoms with van der Waals surface area (Å²) < 4.78 is 5.38. The second-order valence-corrected chi connectivity index (χ2v) is 7.22. The van der Waals surface area contributed by atoms with E-state index in [0.717, 1.165) is 22.4 Å². The van der Waals surface area contributed by atoms with Crippen molar-refractivity contribution < 1.29 is 14.3 Å². The molecule has 2 heterocycles. The number of benzene rings is 1. The van der Waals surface area contributed by atoms with Crippen LogP contribution < -0.4 is 5.32 Å². The Morgan fingerprint density at radius 1 is 1.26 bits per heavy atom. The van der Waals surface area contributed by atoms with E-state index in [2.05, 4.69) is 10.3 Å². The van der Waals surface area contributed by atoms with E-state index in [1.807, 2.05) is 42.7 Å². The van der Waals surface area contributed by atoms with Gasteiger partial charge >= 0.3 is 6.09 Å². The van der Waals surface area contributed by atoms with Crippen LogP contribution in [-0.2, 0) is 22.7 Å². The minimum Gasteiger partial charge on any atom is -0.445 e. The van der Waals surface area contributed by atoms with Crippen molar-refractivity contribution >= 4 is 23.8 Å². The molecular formula is C20H23N3O3S. The molecule has 0 unspecified atom stereocenters. The zero-order valence-electron chi connectivity index (χ0n) is 15.3. The monoisotopic (exact) mass is 385 g/mol. The number of carbonyl (C=O) groups excluding carboxylic acids is 2. The number of pyridine rings is 1. The number of hydrogen-bond acceptors (Lipinski definition) is 5. The lowest BCUT2D eigenvalue weighted by Gasteiger charge is -2.23. The molecule has 0 spiro atoms. The summed E-state index contributed by atoms with van der Waals surface area (Å²) in [5.41, 5.74) is 1.86. The predicted octanol–water partition coefficient (Wildman–Crippen LogP) is 3.22. The zero-order chi connectivity index (χ0) is 19.1. The van der Waals surface area contributed by atoms with E-state index in [1.165, 1.54) is 4.90 Å². The maximum absolute atomic E-state index is 12.6. The Kier molecular flexibility index (Phi) is 6.70. The largest absolute Gasteiger partial charge is 0.445 e. The van der Waals surface area contributed by atoms with Crippen LogP contribution in [0.5, 0.6) is 0 Å². The van der Waals surface area contributed by atoms with Gasteiger partial charge in [-0.3, -0.25) is 14.7 Å². The summed E-state index contributed by atoms with van der Waals surface area (Å²) in [6.07, 6.45) is 6.51. The highest BCUT2D eigenvalue weighted by Gasteiger charge is 2.34. The third-order valence-corrected chi connectivity index (χ3v) is 5.16. The summed E-state index contributed by atoms with van der Waals surface area (Å²) in [6.45, 7) is 1.14. The maximum Gasteiger partial charge on any atom is 0.410 e. The molecule has 0 radical (unpaired) electrons. The van der Waals surface area contributed by atoms with Crippen molar-refractivity contribution in [3.05, 3.63) is 59.9 Å². The fourth-order valence-electron chi connectivity index (χ4n) is 3.04. The second kappa shape index (κ2) is 9.41. The van der Waals surface area contributed by atoms with Crippen molar-refractivity contribution in [2.45, 2.75) is 36.9 Å². The minimum atomic E-state index is -0.482. The first kappa shape index (κ1) is 19.2. The lowest BCUT2D eigenvalue weighted by molar-refractivity contribution is -0.125. The van der Waals surface area contributed by atoms with Gasteiger partial charge in [0.15, 0.2) is 0 Å². The topological polar surface area (TPSA) is 71.5 Å². The average Bonchev–Trinajstić information content (AvgIpc) is 3.21. The molecule has 2 amide bonds. The third kappa shape index (κ3) is 5.23. The van der Waals surface area contributed by atoms with Gasteiger partial charge in [0.2, 0.25) is 5.91 Å². The van der Waals surface area contributed by atoms with Crippen LogP contribution in [0.2, 0.25) is 0 Å². The van der Waals surface area contributed by atoms with Crippen molar-refractivity contribution in [3.63, 3.8) is 0 Å². The molecule has 1 N–H and O–H groups in total. The Hall–Kier alpha value is -2.54. The molecule has 3 rings (SSSR count). The first-order chi connectivity index (χ1) is 13.2. The van der Waals surface area contributed by atoms with Crippen LogP contribution in [0.15, 0.2) is 53.7 Å². The van der Waals surface area contributed by atoms with E-state index in [0.29, 0.717) is 19.5 Å². The molecule has 1 fully saturated rings. The summed E-state index contributed by atoms with van der Waals surface area (Å²) in [7, 11) is 0. The Labute approximate surface area is 163 Å². The van der Waals surface area contributed by atoms with Crippen LogP contribution in [0, 0.1) is 0 Å². The zero-order valence-corrected chi connectivity index (χ0v) is 16.1. The number of amides is 2. The number of carbonyl (C=O) groups is 2. The van der Waals surface area contributed by atoms with Crippen molar-refractivity contribution in [1.29, 1.82) is 0 Å². The number of likely N-dealkylation sites (tertiary alicyclic amines) is 1. The lowest BCUT2D eigenvalue weighted by Crippen LogP contribution is -2.45. The number of rotatable bonds is 6. The van der Waals surface area contributed by atoms with E-state index in [4.69, 9.17) is 4.74 Å². The number of hydrogen-bond donors (Lipinski definition) is 1. The Balaban J connectivity index is 1.53. The van der Waals surface area contributed by atoms with E-state index >= 15 is 0 Å². The summed E-state index contributed by atoms with van der Waals surface area (Å²) in [5.74, 6) is -0.154. The Bertz CT molecular complexity index is 785. The molecule has 1 aromatic heterocycles.